The number of carbonyl (C=O) groups excluding carboxylic acids is 2. The summed E-state index contributed by atoms with van der Waals surface area (Å²) in [5.74, 6) is 0.0392. The average molecular weight is 322 g/mol. The summed E-state index contributed by atoms with van der Waals surface area (Å²) in [6, 6.07) is 4.37. The highest BCUT2D eigenvalue weighted by Gasteiger charge is 2.20. The first-order valence-corrected chi connectivity index (χ1v) is 7.42. The van der Waals surface area contributed by atoms with Crippen LogP contribution < -0.4 is 5.43 Å². The van der Waals surface area contributed by atoms with Gasteiger partial charge in [0.05, 0.1) is 17.1 Å². The van der Waals surface area contributed by atoms with Crippen LogP contribution in [0.3, 0.4) is 0 Å². The Morgan fingerprint density at radius 3 is 2.77 bits per heavy atom. The molecule has 2 aromatic rings. The van der Waals surface area contributed by atoms with Crippen molar-refractivity contribution in [3.8, 4) is 0 Å². The van der Waals surface area contributed by atoms with Crippen LogP contribution in [0.25, 0.3) is 11.0 Å². The van der Waals surface area contributed by atoms with E-state index in [-0.39, 0.29) is 27.4 Å². The fourth-order valence-electron chi connectivity index (χ4n) is 1.95. The minimum atomic E-state index is -1.25. The van der Waals surface area contributed by atoms with Gasteiger partial charge in [-0.05, 0) is 17.7 Å². The molecule has 0 aliphatic heterocycles. The number of fused-ring (bicyclic) bond motifs is 1. The Morgan fingerprint density at radius 2 is 2.14 bits per heavy atom. The summed E-state index contributed by atoms with van der Waals surface area (Å²) in [6.45, 7) is 1.37. The molecule has 0 spiro atoms. The standard InChI is InChI=1S/C15H14O6S/c1-8(17)22-7-12(18)15(20)9-2-3-13-11(4-9)14(19)10(5-16)6-21-13/h2-6,12,15,18,20H,7H2,1H3. The summed E-state index contributed by atoms with van der Waals surface area (Å²) in [7, 11) is 0. The molecule has 0 fully saturated rings. The van der Waals surface area contributed by atoms with Crippen LogP contribution in [-0.4, -0.2) is 33.5 Å². The Hall–Kier alpha value is -1.96. The second-order valence-electron chi connectivity index (χ2n) is 4.71. The number of hydrogen-bond donors (Lipinski definition) is 2. The molecular formula is C15H14O6S. The van der Waals surface area contributed by atoms with Gasteiger partial charge in [0.15, 0.2) is 11.4 Å². The summed E-state index contributed by atoms with van der Waals surface area (Å²) in [6.07, 6.45) is -0.943. The summed E-state index contributed by atoms with van der Waals surface area (Å²) >= 11 is 0.900. The highest BCUT2D eigenvalue weighted by molar-refractivity contribution is 8.13. The monoisotopic (exact) mass is 322 g/mol. The SMILES string of the molecule is CC(=O)SCC(O)C(O)c1ccc2occ(C=O)c(=O)c2c1. The van der Waals surface area contributed by atoms with E-state index in [9.17, 15) is 24.6 Å². The fraction of sp³-hybridized carbons (Fsp3) is 0.267. The van der Waals surface area contributed by atoms with Gasteiger partial charge in [-0.15, -0.1) is 0 Å². The number of hydrogen-bond acceptors (Lipinski definition) is 7. The molecule has 0 radical (unpaired) electrons. The Kier molecular flexibility index (Phi) is 5.12. The van der Waals surface area contributed by atoms with Crippen LogP contribution >= 0.6 is 11.8 Å². The van der Waals surface area contributed by atoms with Crippen molar-refractivity contribution in [1.29, 1.82) is 0 Å². The molecule has 7 heteroatoms. The van der Waals surface area contributed by atoms with Crippen molar-refractivity contribution < 1.29 is 24.2 Å². The van der Waals surface area contributed by atoms with Crippen molar-refractivity contribution in [3.05, 3.63) is 45.8 Å². The topological polar surface area (TPSA) is 105 Å². The van der Waals surface area contributed by atoms with Crippen molar-refractivity contribution in [2.45, 2.75) is 19.1 Å². The van der Waals surface area contributed by atoms with Gasteiger partial charge in [-0.2, -0.15) is 0 Å². The number of rotatable bonds is 5. The Balaban J connectivity index is 2.35. The van der Waals surface area contributed by atoms with Crippen LogP contribution in [0.5, 0.6) is 0 Å². The van der Waals surface area contributed by atoms with Crippen LogP contribution in [0.4, 0.5) is 0 Å². The third-order valence-corrected chi connectivity index (χ3v) is 4.03. The summed E-state index contributed by atoms with van der Waals surface area (Å²) in [5, 5.41) is 20.0. The van der Waals surface area contributed by atoms with Crippen LogP contribution in [0.1, 0.15) is 28.9 Å². The molecule has 2 atom stereocenters. The van der Waals surface area contributed by atoms with Gasteiger partial charge in [-0.25, -0.2) is 0 Å². The number of benzene rings is 1. The van der Waals surface area contributed by atoms with E-state index in [1.54, 1.807) is 0 Å². The first-order chi connectivity index (χ1) is 10.4. The minimum Gasteiger partial charge on any atom is -0.463 e. The molecule has 0 saturated heterocycles. The molecule has 2 unspecified atom stereocenters. The van der Waals surface area contributed by atoms with Crippen molar-refractivity contribution in [1.82, 2.24) is 0 Å². The van der Waals surface area contributed by atoms with Gasteiger partial charge in [-0.1, -0.05) is 17.8 Å². The number of thioether (sulfide) groups is 1. The van der Waals surface area contributed by atoms with Gasteiger partial charge in [0.25, 0.3) is 0 Å². The van der Waals surface area contributed by atoms with E-state index in [1.165, 1.54) is 25.1 Å². The molecule has 2 N–H and O–H groups in total. The zero-order valence-electron chi connectivity index (χ0n) is 11.7. The van der Waals surface area contributed by atoms with E-state index in [0.29, 0.717) is 11.8 Å². The van der Waals surface area contributed by atoms with E-state index in [1.807, 2.05) is 0 Å². The Morgan fingerprint density at radius 1 is 1.41 bits per heavy atom. The maximum Gasteiger partial charge on any atom is 0.203 e. The molecule has 1 heterocycles. The molecule has 6 nitrogen and oxygen atoms in total. The lowest BCUT2D eigenvalue weighted by Crippen LogP contribution is -2.21. The van der Waals surface area contributed by atoms with Gasteiger partial charge in [0.2, 0.25) is 5.43 Å². The molecule has 22 heavy (non-hydrogen) atoms. The zero-order valence-corrected chi connectivity index (χ0v) is 12.5. The summed E-state index contributed by atoms with van der Waals surface area (Å²) in [4.78, 5) is 33.7. The Bertz CT molecular complexity index is 766. The molecule has 0 saturated carbocycles. The summed E-state index contributed by atoms with van der Waals surface area (Å²) in [5.41, 5.74) is -0.0385. The van der Waals surface area contributed by atoms with Gasteiger partial charge in [0.1, 0.15) is 18.0 Å². The predicted octanol–water partition coefficient (Wildman–Crippen LogP) is 1.28. The molecule has 116 valence electrons. The third kappa shape index (κ3) is 3.44. The highest BCUT2D eigenvalue weighted by Crippen LogP contribution is 2.23. The van der Waals surface area contributed by atoms with E-state index in [0.717, 1.165) is 18.0 Å². The van der Waals surface area contributed by atoms with E-state index < -0.39 is 17.6 Å². The smallest absolute Gasteiger partial charge is 0.203 e. The predicted molar refractivity (Wildman–Crippen MR) is 82.0 cm³/mol. The zero-order chi connectivity index (χ0) is 16.3. The van der Waals surface area contributed by atoms with Crippen molar-refractivity contribution >= 4 is 34.1 Å². The summed E-state index contributed by atoms with van der Waals surface area (Å²) < 4.78 is 5.16. The van der Waals surface area contributed by atoms with Crippen molar-refractivity contribution in [2.24, 2.45) is 0 Å². The van der Waals surface area contributed by atoms with Gasteiger partial charge >= 0.3 is 0 Å². The van der Waals surface area contributed by atoms with Crippen molar-refractivity contribution in [2.75, 3.05) is 5.75 Å². The third-order valence-electron chi connectivity index (χ3n) is 3.11. The normalized spacial score (nSPS) is 13.8. The quantitative estimate of drug-likeness (QED) is 0.799. The second kappa shape index (κ2) is 6.87. The lowest BCUT2D eigenvalue weighted by Gasteiger charge is -2.17. The van der Waals surface area contributed by atoms with E-state index in [2.05, 4.69) is 0 Å². The first-order valence-electron chi connectivity index (χ1n) is 6.44. The maximum atomic E-state index is 12.0. The molecule has 0 bridgehead atoms. The van der Waals surface area contributed by atoms with E-state index >= 15 is 0 Å². The average Bonchev–Trinajstić information content (AvgIpc) is 2.52. The number of aliphatic hydroxyl groups excluding tert-OH is 2. The number of aldehydes is 1. The van der Waals surface area contributed by atoms with Gasteiger partial charge in [0, 0.05) is 12.7 Å². The lowest BCUT2D eigenvalue weighted by atomic mass is 10.0. The fourth-order valence-corrected chi connectivity index (χ4v) is 2.53. The molecule has 0 aliphatic rings. The maximum absolute atomic E-state index is 12.0. The Labute approximate surface area is 129 Å². The second-order valence-corrected chi connectivity index (χ2v) is 5.91. The molecule has 0 aliphatic carbocycles. The molecule has 0 amide bonds. The molecule has 2 rings (SSSR count). The molecule has 1 aromatic heterocycles. The van der Waals surface area contributed by atoms with Crippen LogP contribution in [0.15, 0.2) is 33.7 Å². The highest BCUT2D eigenvalue weighted by atomic mass is 32.2. The first kappa shape index (κ1) is 16.4. The minimum absolute atomic E-state index is 0.0392. The number of aliphatic hydroxyl groups is 2. The molecular weight excluding hydrogens is 308 g/mol. The molecule has 1 aromatic carbocycles. The number of carbonyl (C=O) groups is 2. The van der Waals surface area contributed by atoms with Crippen molar-refractivity contribution in [3.63, 3.8) is 0 Å². The van der Waals surface area contributed by atoms with Gasteiger partial charge in [-0.3, -0.25) is 14.4 Å². The van der Waals surface area contributed by atoms with E-state index in [4.69, 9.17) is 4.42 Å². The lowest BCUT2D eigenvalue weighted by molar-refractivity contribution is -0.109. The van der Waals surface area contributed by atoms with Crippen LogP contribution in [0, 0.1) is 0 Å². The largest absolute Gasteiger partial charge is 0.463 e. The van der Waals surface area contributed by atoms with Gasteiger partial charge < -0.3 is 14.6 Å². The van der Waals surface area contributed by atoms with Crippen LogP contribution in [-0.2, 0) is 4.79 Å². The van der Waals surface area contributed by atoms with Crippen LogP contribution in [0.2, 0.25) is 0 Å².